The van der Waals surface area contributed by atoms with Crippen molar-refractivity contribution >= 4 is 17.6 Å². The van der Waals surface area contributed by atoms with Crippen LogP contribution in [-0.4, -0.2) is 39.0 Å². The summed E-state index contributed by atoms with van der Waals surface area (Å²) in [6.07, 6.45) is 4.04. The second kappa shape index (κ2) is 11.3. The van der Waals surface area contributed by atoms with Crippen LogP contribution in [0.15, 0.2) is 42.5 Å². The molecule has 0 aromatic heterocycles. The molecule has 0 saturated carbocycles. The maximum atomic E-state index is 11.8. The molecule has 3 aliphatic rings. The Balaban J connectivity index is 1.24. The number of esters is 1. The lowest BCUT2D eigenvalue weighted by molar-refractivity contribution is -0.141. The quantitative estimate of drug-likeness (QED) is 0.282. The van der Waals surface area contributed by atoms with Crippen LogP contribution in [0, 0.1) is 13.8 Å². The van der Waals surface area contributed by atoms with Crippen LogP contribution < -0.4 is 14.2 Å². The molecular weight excluding hydrogens is 528 g/mol. The first-order chi connectivity index (χ1) is 19.4. The zero-order valence-electron chi connectivity index (χ0n) is 23.3. The first-order valence-corrected chi connectivity index (χ1v) is 14.5. The highest BCUT2D eigenvalue weighted by Crippen LogP contribution is 2.45. The minimum absolute atomic E-state index is 0.00465. The van der Waals surface area contributed by atoms with Crippen LogP contribution >= 0.6 is 11.6 Å². The number of benzene rings is 3. The minimum Gasteiger partial charge on any atom is -0.492 e. The number of hydrogen-bond donors (Lipinski definition) is 0. The van der Waals surface area contributed by atoms with E-state index in [1.807, 2.05) is 24.3 Å². The molecule has 7 heteroatoms. The van der Waals surface area contributed by atoms with Crippen molar-refractivity contribution < 1.29 is 28.5 Å². The zero-order chi connectivity index (χ0) is 27.8. The van der Waals surface area contributed by atoms with Crippen molar-refractivity contribution in [3.05, 3.63) is 75.3 Å². The summed E-state index contributed by atoms with van der Waals surface area (Å²) in [6.45, 7) is 6.28. The van der Waals surface area contributed by atoms with E-state index in [1.54, 1.807) is 0 Å². The fourth-order valence-corrected chi connectivity index (χ4v) is 6.58. The Bertz CT molecular complexity index is 1400. The summed E-state index contributed by atoms with van der Waals surface area (Å²) in [5, 5.41) is 0.702. The summed E-state index contributed by atoms with van der Waals surface area (Å²) >= 11 is 6.71. The number of halogens is 1. The van der Waals surface area contributed by atoms with Crippen molar-refractivity contribution in [3.8, 4) is 28.4 Å². The van der Waals surface area contributed by atoms with Crippen LogP contribution in [0.5, 0.6) is 17.2 Å². The van der Waals surface area contributed by atoms with Gasteiger partial charge in [0.2, 0.25) is 0 Å². The van der Waals surface area contributed by atoms with Gasteiger partial charge in [0.05, 0.1) is 33.4 Å². The van der Waals surface area contributed by atoms with Gasteiger partial charge in [-0.25, -0.2) is 0 Å². The molecule has 1 fully saturated rings. The van der Waals surface area contributed by atoms with Crippen LogP contribution in [0.2, 0.25) is 5.02 Å². The number of hydrogen-bond acceptors (Lipinski definition) is 6. The fourth-order valence-electron chi connectivity index (χ4n) is 6.35. The molecular formula is C33H35ClO6. The second-order valence-corrected chi connectivity index (χ2v) is 11.5. The standard InChI is InChI=1S/C33H35ClO6/c1-19-12-25(39-23-8-10-37-11-9-23)13-20(2)33(19)29-16-22(34)15-28-27(29)6-7-30(28)40-24-4-5-26-21(14-32(35)36-3)18-38-31(26)17-24/h4-5,12-13,15-17,21,23,30H,6-11,14,18H2,1-3H3/t21?,30-/m1/s1. The molecule has 3 aromatic carbocycles. The lowest BCUT2D eigenvalue weighted by atomic mass is 9.90. The van der Waals surface area contributed by atoms with Gasteiger partial charge in [-0.3, -0.25) is 4.79 Å². The molecule has 1 aliphatic carbocycles. The van der Waals surface area contributed by atoms with Gasteiger partial charge in [0.25, 0.3) is 0 Å². The lowest BCUT2D eigenvalue weighted by Crippen LogP contribution is -2.25. The van der Waals surface area contributed by atoms with Crippen molar-refractivity contribution in [2.45, 2.75) is 64.1 Å². The second-order valence-electron chi connectivity index (χ2n) is 11.0. The summed E-state index contributed by atoms with van der Waals surface area (Å²) < 4.78 is 29.0. The zero-order valence-corrected chi connectivity index (χ0v) is 24.0. The summed E-state index contributed by atoms with van der Waals surface area (Å²) in [4.78, 5) is 11.8. The predicted molar refractivity (Wildman–Crippen MR) is 154 cm³/mol. The van der Waals surface area contributed by atoms with Crippen molar-refractivity contribution in [1.82, 2.24) is 0 Å². The maximum absolute atomic E-state index is 11.8. The number of methoxy groups -OCH3 is 1. The number of fused-ring (bicyclic) bond motifs is 2. The Morgan fingerprint density at radius 3 is 2.48 bits per heavy atom. The normalized spacial score (nSPS) is 20.0. The van der Waals surface area contributed by atoms with Gasteiger partial charge in [0.1, 0.15) is 29.5 Å². The predicted octanol–water partition coefficient (Wildman–Crippen LogP) is 7.29. The topological polar surface area (TPSA) is 63.2 Å². The summed E-state index contributed by atoms with van der Waals surface area (Å²) in [5.41, 5.74) is 8.17. The highest BCUT2D eigenvalue weighted by molar-refractivity contribution is 6.31. The van der Waals surface area contributed by atoms with E-state index < -0.39 is 0 Å². The van der Waals surface area contributed by atoms with E-state index in [0.717, 1.165) is 67.3 Å². The molecule has 0 amide bonds. The molecule has 0 spiro atoms. The molecule has 0 bridgehead atoms. The van der Waals surface area contributed by atoms with E-state index >= 15 is 0 Å². The average molecular weight is 563 g/mol. The lowest BCUT2D eigenvalue weighted by Gasteiger charge is -2.24. The van der Waals surface area contributed by atoms with Crippen LogP contribution in [0.4, 0.5) is 0 Å². The van der Waals surface area contributed by atoms with Crippen LogP contribution in [-0.2, 0) is 20.7 Å². The van der Waals surface area contributed by atoms with Gasteiger partial charge in [0, 0.05) is 35.4 Å². The number of carbonyl (C=O) groups is 1. The van der Waals surface area contributed by atoms with Gasteiger partial charge in [-0.2, -0.15) is 0 Å². The molecule has 2 aliphatic heterocycles. The highest BCUT2D eigenvalue weighted by Gasteiger charge is 2.31. The number of carbonyl (C=O) groups excluding carboxylic acids is 1. The van der Waals surface area contributed by atoms with E-state index in [1.165, 1.54) is 34.9 Å². The Morgan fingerprint density at radius 2 is 1.73 bits per heavy atom. The van der Waals surface area contributed by atoms with E-state index in [-0.39, 0.29) is 24.1 Å². The van der Waals surface area contributed by atoms with Crippen LogP contribution in [0.1, 0.15) is 65.5 Å². The molecule has 2 heterocycles. The number of rotatable bonds is 7. The van der Waals surface area contributed by atoms with E-state index in [2.05, 4.69) is 32.0 Å². The van der Waals surface area contributed by atoms with Gasteiger partial charge in [-0.05, 0) is 90.4 Å². The van der Waals surface area contributed by atoms with Gasteiger partial charge < -0.3 is 23.7 Å². The fraction of sp³-hybridized carbons (Fsp3) is 0.424. The molecule has 40 heavy (non-hydrogen) atoms. The SMILES string of the molecule is COC(=O)CC1COc2cc(O[C@@H]3CCc4c(-c5c(C)cc(OC6CCOCC6)cc5C)cc(Cl)cc43)ccc21. The molecule has 210 valence electrons. The monoisotopic (exact) mass is 562 g/mol. The molecule has 2 atom stereocenters. The molecule has 0 radical (unpaired) electrons. The summed E-state index contributed by atoms with van der Waals surface area (Å²) in [7, 11) is 1.41. The molecule has 1 unspecified atom stereocenters. The smallest absolute Gasteiger partial charge is 0.306 e. The van der Waals surface area contributed by atoms with Gasteiger partial charge in [0.15, 0.2) is 0 Å². The number of ether oxygens (including phenoxy) is 5. The van der Waals surface area contributed by atoms with Crippen molar-refractivity contribution in [1.29, 1.82) is 0 Å². The third kappa shape index (κ3) is 5.39. The van der Waals surface area contributed by atoms with Gasteiger partial charge in [-0.15, -0.1) is 0 Å². The largest absolute Gasteiger partial charge is 0.492 e. The minimum atomic E-state index is -0.232. The van der Waals surface area contributed by atoms with Crippen LogP contribution in [0.25, 0.3) is 11.1 Å². The Kier molecular flexibility index (Phi) is 7.65. The molecule has 6 rings (SSSR count). The maximum Gasteiger partial charge on any atom is 0.306 e. The summed E-state index contributed by atoms with van der Waals surface area (Å²) in [6, 6.07) is 14.3. The molecule has 3 aromatic rings. The third-order valence-corrected chi connectivity index (χ3v) is 8.50. The van der Waals surface area contributed by atoms with E-state index in [0.29, 0.717) is 18.1 Å². The van der Waals surface area contributed by atoms with Crippen molar-refractivity contribution in [2.75, 3.05) is 26.9 Å². The molecule has 1 saturated heterocycles. The van der Waals surface area contributed by atoms with E-state index in [4.69, 9.17) is 35.3 Å². The first-order valence-electron chi connectivity index (χ1n) is 14.1. The number of aryl methyl sites for hydroxylation is 2. The molecule has 0 N–H and O–H groups in total. The van der Waals surface area contributed by atoms with Gasteiger partial charge in [-0.1, -0.05) is 17.7 Å². The Labute approximate surface area is 240 Å². The Morgan fingerprint density at radius 1 is 0.950 bits per heavy atom. The van der Waals surface area contributed by atoms with Crippen molar-refractivity contribution in [2.24, 2.45) is 0 Å². The van der Waals surface area contributed by atoms with Gasteiger partial charge >= 0.3 is 5.97 Å². The molecule has 6 nitrogen and oxygen atoms in total. The van der Waals surface area contributed by atoms with E-state index in [9.17, 15) is 4.79 Å². The van der Waals surface area contributed by atoms with Crippen molar-refractivity contribution in [3.63, 3.8) is 0 Å². The van der Waals surface area contributed by atoms with Crippen LogP contribution in [0.3, 0.4) is 0 Å². The summed E-state index contributed by atoms with van der Waals surface area (Å²) in [5.74, 6) is 2.21. The first kappa shape index (κ1) is 27.0. The average Bonchev–Trinajstić information content (AvgIpc) is 3.52. The highest BCUT2D eigenvalue weighted by atomic mass is 35.5. The third-order valence-electron chi connectivity index (χ3n) is 8.28. The Hall–Kier alpha value is -3.22.